The standard InChI is InChI=1S/C16H20FN3/c1-12-4-6-15(17)9-14(12)10-16(20-18)7-5-13-3-2-8-19-11-13/h2-4,6,8-9,11,16,20H,5,7,10,18H2,1H3. The van der Waals surface area contributed by atoms with Crippen molar-refractivity contribution >= 4 is 0 Å². The molecule has 3 nitrogen and oxygen atoms in total. The molecule has 0 fully saturated rings. The maximum Gasteiger partial charge on any atom is 0.123 e. The van der Waals surface area contributed by atoms with Crippen molar-refractivity contribution in [2.24, 2.45) is 5.84 Å². The van der Waals surface area contributed by atoms with Crippen LogP contribution in [0.1, 0.15) is 23.1 Å². The topological polar surface area (TPSA) is 50.9 Å². The number of hydrogen-bond donors (Lipinski definition) is 2. The molecule has 0 aliphatic carbocycles. The van der Waals surface area contributed by atoms with Gasteiger partial charge in [0.15, 0.2) is 0 Å². The lowest BCUT2D eigenvalue weighted by atomic mass is 9.97. The van der Waals surface area contributed by atoms with Crippen LogP contribution in [0.4, 0.5) is 4.39 Å². The van der Waals surface area contributed by atoms with Crippen molar-refractivity contribution in [1.29, 1.82) is 0 Å². The van der Waals surface area contributed by atoms with Crippen molar-refractivity contribution in [2.45, 2.75) is 32.2 Å². The molecule has 1 heterocycles. The van der Waals surface area contributed by atoms with E-state index in [0.29, 0.717) is 0 Å². The van der Waals surface area contributed by atoms with Gasteiger partial charge in [-0.15, -0.1) is 0 Å². The van der Waals surface area contributed by atoms with Gasteiger partial charge >= 0.3 is 0 Å². The lowest BCUT2D eigenvalue weighted by Gasteiger charge is -2.17. The number of pyridine rings is 1. The highest BCUT2D eigenvalue weighted by Gasteiger charge is 2.10. The molecule has 20 heavy (non-hydrogen) atoms. The fourth-order valence-electron chi connectivity index (χ4n) is 2.26. The van der Waals surface area contributed by atoms with Gasteiger partial charge in [-0.05, 0) is 61.1 Å². The summed E-state index contributed by atoms with van der Waals surface area (Å²) < 4.78 is 13.3. The Hall–Kier alpha value is -1.78. The third-order valence-electron chi connectivity index (χ3n) is 3.52. The normalized spacial score (nSPS) is 12.3. The highest BCUT2D eigenvalue weighted by molar-refractivity contribution is 5.27. The summed E-state index contributed by atoms with van der Waals surface area (Å²) in [4.78, 5) is 4.10. The third-order valence-corrected chi connectivity index (χ3v) is 3.52. The Morgan fingerprint density at radius 3 is 2.90 bits per heavy atom. The summed E-state index contributed by atoms with van der Waals surface area (Å²) in [6.07, 6.45) is 6.13. The molecule has 0 bridgehead atoms. The molecule has 106 valence electrons. The fourth-order valence-corrected chi connectivity index (χ4v) is 2.26. The number of aromatic nitrogens is 1. The summed E-state index contributed by atoms with van der Waals surface area (Å²) in [5.74, 6) is 5.41. The van der Waals surface area contributed by atoms with Crippen LogP contribution in [0.25, 0.3) is 0 Å². The van der Waals surface area contributed by atoms with Crippen LogP contribution in [0, 0.1) is 12.7 Å². The Labute approximate surface area is 119 Å². The Morgan fingerprint density at radius 1 is 1.35 bits per heavy atom. The molecule has 0 saturated heterocycles. The minimum atomic E-state index is -0.200. The Balaban J connectivity index is 1.97. The summed E-state index contributed by atoms with van der Waals surface area (Å²) >= 11 is 0. The van der Waals surface area contributed by atoms with Gasteiger partial charge in [-0.1, -0.05) is 12.1 Å². The molecule has 0 aliphatic heterocycles. The van der Waals surface area contributed by atoms with Crippen molar-refractivity contribution in [1.82, 2.24) is 10.4 Å². The maximum absolute atomic E-state index is 13.3. The molecule has 1 atom stereocenters. The SMILES string of the molecule is Cc1ccc(F)cc1CC(CCc1cccnc1)NN. The first-order valence-corrected chi connectivity index (χ1v) is 6.79. The number of hydrazine groups is 1. The highest BCUT2D eigenvalue weighted by atomic mass is 19.1. The predicted molar refractivity (Wildman–Crippen MR) is 78.5 cm³/mol. The van der Waals surface area contributed by atoms with E-state index in [0.717, 1.165) is 30.4 Å². The van der Waals surface area contributed by atoms with Gasteiger partial charge in [0, 0.05) is 18.4 Å². The molecule has 1 aromatic heterocycles. The summed E-state index contributed by atoms with van der Waals surface area (Å²) in [5.41, 5.74) is 6.10. The van der Waals surface area contributed by atoms with Gasteiger partial charge in [-0.2, -0.15) is 0 Å². The van der Waals surface area contributed by atoms with E-state index in [2.05, 4.69) is 10.4 Å². The van der Waals surface area contributed by atoms with E-state index in [1.54, 1.807) is 18.3 Å². The molecular formula is C16H20FN3. The zero-order chi connectivity index (χ0) is 14.4. The summed E-state index contributed by atoms with van der Waals surface area (Å²) in [5, 5.41) is 0. The first-order valence-electron chi connectivity index (χ1n) is 6.79. The molecule has 2 rings (SSSR count). The van der Waals surface area contributed by atoms with Crippen LogP contribution in [0.5, 0.6) is 0 Å². The van der Waals surface area contributed by atoms with Gasteiger partial charge < -0.3 is 0 Å². The molecule has 0 aliphatic rings. The Bertz CT molecular complexity index is 543. The van der Waals surface area contributed by atoms with Crippen LogP contribution in [0.3, 0.4) is 0 Å². The maximum atomic E-state index is 13.3. The summed E-state index contributed by atoms with van der Waals surface area (Å²) in [6, 6.07) is 8.98. The quantitative estimate of drug-likeness (QED) is 0.628. The number of nitrogens with one attached hydrogen (secondary N) is 1. The van der Waals surface area contributed by atoms with E-state index in [9.17, 15) is 4.39 Å². The van der Waals surface area contributed by atoms with Crippen LogP contribution in [0.15, 0.2) is 42.7 Å². The number of nitrogens with zero attached hydrogens (tertiary/aromatic N) is 1. The zero-order valence-electron chi connectivity index (χ0n) is 11.6. The molecule has 0 amide bonds. The lowest BCUT2D eigenvalue weighted by molar-refractivity contribution is 0.489. The molecule has 1 unspecified atom stereocenters. The average Bonchev–Trinajstić information content (AvgIpc) is 2.48. The van der Waals surface area contributed by atoms with Crippen molar-refractivity contribution in [3.05, 3.63) is 65.2 Å². The van der Waals surface area contributed by atoms with E-state index in [4.69, 9.17) is 5.84 Å². The summed E-state index contributed by atoms with van der Waals surface area (Å²) in [7, 11) is 0. The summed E-state index contributed by atoms with van der Waals surface area (Å²) in [6.45, 7) is 1.99. The molecule has 3 N–H and O–H groups in total. The minimum absolute atomic E-state index is 0.121. The van der Waals surface area contributed by atoms with Gasteiger partial charge in [-0.3, -0.25) is 16.3 Å². The molecular weight excluding hydrogens is 253 g/mol. The minimum Gasteiger partial charge on any atom is -0.271 e. The van der Waals surface area contributed by atoms with Crippen LogP contribution in [0.2, 0.25) is 0 Å². The molecule has 1 aromatic carbocycles. The van der Waals surface area contributed by atoms with Crippen molar-refractivity contribution in [2.75, 3.05) is 0 Å². The molecule has 0 saturated carbocycles. The largest absolute Gasteiger partial charge is 0.271 e. The van der Waals surface area contributed by atoms with Gasteiger partial charge in [0.1, 0.15) is 5.82 Å². The number of nitrogens with two attached hydrogens (primary N) is 1. The van der Waals surface area contributed by atoms with E-state index >= 15 is 0 Å². The van der Waals surface area contributed by atoms with Crippen LogP contribution in [-0.2, 0) is 12.8 Å². The second-order valence-corrected chi connectivity index (χ2v) is 5.04. The number of rotatable bonds is 6. The average molecular weight is 273 g/mol. The Kier molecular flexibility index (Phi) is 5.21. The van der Waals surface area contributed by atoms with Gasteiger partial charge in [-0.25, -0.2) is 4.39 Å². The first-order chi connectivity index (χ1) is 9.69. The second kappa shape index (κ2) is 7.12. The lowest BCUT2D eigenvalue weighted by Crippen LogP contribution is -2.37. The number of benzene rings is 1. The van der Waals surface area contributed by atoms with E-state index < -0.39 is 0 Å². The van der Waals surface area contributed by atoms with Crippen LogP contribution >= 0.6 is 0 Å². The van der Waals surface area contributed by atoms with Crippen molar-refractivity contribution < 1.29 is 4.39 Å². The highest BCUT2D eigenvalue weighted by Crippen LogP contribution is 2.14. The molecule has 0 radical (unpaired) electrons. The van der Waals surface area contributed by atoms with E-state index in [1.165, 1.54) is 11.6 Å². The monoisotopic (exact) mass is 273 g/mol. The van der Waals surface area contributed by atoms with Gasteiger partial charge in [0.05, 0.1) is 0 Å². The van der Waals surface area contributed by atoms with Crippen molar-refractivity contribution in [3.8, 4) is 0 Å². The Morgan fingerprint density at radius 2 is 2.20 bits per heavy atom. The molecule has 4 heteroatoms. The smallest absolute Gasteiger partial charge is 0.123 e. The van der Waals surface area contributed by atoms with Gasteiger partial charge in [0.2, 0.25) is 0 Å². The first kappa shape index (κ1) is 14.6. The fraction of sp³-hybridized carbons (Fsp3) is 0.312. The number of aryl methyl sites for hydroxylation is 2. The second-order valence-electron chi connectivity index (χ2n) is 5.04. The number of halogens is 1. The zero-order valence-corrected chi connectivity index (χ0v) is 11.6. The van der Waals surface area contributed by atoms with E-state index in [1.807, 2.05) is 25.3 Å². The van der Waals surface area contributed by atoms with E-state index in [-0.39, 0.29) is 11.9 Å². The number of hydrogen-bond acceptors (Lipinski definition) is 3. The van der Waals surface area contributed by atoms with Gasteiger partial charge in [0.25, 0.3) is 0 Å². The van der Waals surface area contributed by atoms with Crippen molar-refractivity contribution in [3.63, 3.8) is 0 Å². The van der Waals surface area contributed by atoms with Crippen LogP contribution < -0.4 is 11.3 Å². The predicted octanol–water partition coefficient (Wildman–Crippen LogP) is 2.54. The third kappa shape index (κ3) is 4.11. The molecule has 2 aromatic rings. The van der Waals surface area contributed by atoms with Crippen LogP contribution in [-0.4, -0.2) is 11.0 Å². The molecule has 0 spiro atoms.